The lowest BCUT2D eigenvalue weighted by atomic mass is 9.87. The maximum absolute atomic E-state index is 11.8. The van der Waals surface area contributed by atoms with Gasteiger partial charge in [0.05, 0.1) is 35.1 Å². The van der Waals surface area contributed by atoms with E-state index in [4.69, 9.17) is 25.2 Å². The summed E-state index contributed by atoms with van der Waals surface area (Å²) in [6, 6.07) is 13.6. The summed E-state index contributed by atoms with van der Waals surface area (Å²) >= 11 is 0. The van der Waals surface area contributed by atoms with Crippen molar-refractivity contribution in [3.8, 4) is 0 Å². The summed E-state index contributed by atoms with van der Waals surface area (Å²) in [6.45, 7) is 10.6. The van der Waals surface area contributed by atoms with Gasteiger partial charge in [-0.05, 0) is 190 Å². The minimum Gasteiger partial charge on any atom is -0.454 e. The Labute approximate surface area is 667 Å². The first-order valence-electron chi connectivity index (χ1n) is 40.2. The van der Waals surface area contributed by atoms with Gasteiger partial charge in [-0.25, -0.2) is 34.7 Å². The Balaban J connectivity index is 0.000000120. The van der Waals surface area contributed by atoms with Gasteiger partial charge in [-0.3, -0.25) is 38.9 Å². The van der Waals surface area contributed by atoms with Crippen LogP contribution in [0.15, 0.2) is 111 Å². The van der Waals surface area contributed by atoms with Crippen molar-refractivity contribution >= 4 is 137 Å². The molecule has 116 heavy (non-hydrogen) atoms. The van der Waals surface area contributed by atoms with E-state index in [-0.39, 0.29) is 24.7 Å². The van der Waals surface area contributed by atoms with E-state index in [1.54, 1.807) is 22.2 Å². The number of rotatable bonds is 14. The lowest BCUT2D eigenvalue weighted by molar-refractivity contribution is -0.200. The number of esters is 1. The van der Waals surface area contributed by atoms with Gasteiger partial charge >= 0.3 is 11.9 Å². The molecule has 16 heterocycles. The fraction of sp³-hybridized carbons (Fsp3) is 0.429. The van der Waals surface area contributed by atoms with E-state index in [1.807, 2.05) is 86.2 Å². The van der Waals surface area contributed by atoms with Crippen molar-refractivity contribution in [3.05, 3.63) is 144 Å². The number of aliphatic hydroxyl groups is 2. The largest absolute Gasteiger partial charge is 0.454 e. The quantitative estimate of drug-likeness (QED) is 0.0435. The van der Waals surface area contributed by atoms with Crippen LogP contribution in [0.2, 0.25) is 0 Å². The molecule has 12 aromatic rings. The SMILES string of the molecule is CC(=O)OCC(=O)ON1C(=O)CCC1=O.CC1CCC(n2c3cnccc3c3cnc(Nc4cc5c(cn4)CN(C(=O)CO)CC5)nc32)CC1.CC1CCC(n2c3cnccc3c3cnc(Nc4cc5c(cn4)CN(C(=O)CO)CC5)nc32)CC1.CC1CCC(n2c3cnccc3c3cnc(Nc4cc5c(cn4)CNCC5)nc32)CC1. The third kappa shape index (κ3) is 16.9. The van der Waals surface area contributed by atoms with E-state index >= 15 is 0 Å². The fourth-order valence-electron chi connectivity index (χ4n) is 17.2. The van der Waals surface area contributed by atoms with Crippen LogP contribution in [0.4, 0.5) is 35.3 Å². The van der Waals surface area contributed by atoms with Gasteiger partial charge in [0, 0.05) is 159 Å². The van der Waals surface area contributed by atoms with Crippen LogP contribution in [-0.2, 0) is 77.2 Å². The first-order chi connectivity index (χ1) is 56.5. The number of amides is 4. The third-order valence-electron chi connectivity index (χ3n) is 23.5. The van der Waals surface area contributed by atoms with Crippen LogP contribution < -0.4 is 21.3 Å². The van der Waals surface area contributed by atoms with E-state index in [2.05, 4.69) is 122 Å². The number of pyridine rings is 6. The predicted octanol–water partition coefficient (Wildman–Crippen LogP) is 11.2. The second-order valence-corrected chi connectivity index (χ2v) is 31.4. The number of imide groups is 1. The highest BCUT2D eigenvalue weighted by molar-refractivity contribution is 6.08. The number of fused-ring (bicyclic) bond motifs is 12. The summed E-state index contributed by atoms with van der Waals surface area (Å²) in [5.74, 6) is 2.87. The third-order valence-corrected chi connectivity index (χ3v) is 23.5. The van der Waals surface area contributed by atoms with E-state index in [9.17, 15) is 28.8 Å². The van der Waals surface area contributed by atoms with Crippen molar-refractivity contribution in [2.75, 3.05) is 55.4 Å². The van der Waals surface area contributed by atoms with Crippen molar-refractivity contribution in [2.24, 2.45) is 17.8 Å². The van der Waals surface area contributed by atoms with Crippen molar-refractivity contribution in [2.45, 2.75) is 175 Å². The van der Waals surface area contributed by atoms with Crippen LogP contribution in [0.25, 0.3) is 65.8 Å². The Morgan fingerprint density at radius 1 is 0.457 bits per heavy atom. The monoisotopic (exact) mass is 1570 g/mol. The second kappa shape index (κ2) is 34.5. The van der Waals surface area contributed by atoms with Gasteiger partial charge in [0.2, 0.25) is 29.7 Å². The van der Waals surface area contributed by atoms with Gasteiger partial charge in [-0.15, -0.1) is 5.06 Å². The summed E-state index contributed by atoms with van der Waals surface area (Å²) in [5.41, 5.74) is 13.1. The smallest absolute Gasteiger partial charge is 0.370 e. The van der Waals surface area contributed by atoms with Gasteiger partial charge < -0.3 is 64.6 Å². The first kappa shape index (κ1) is 77.8. The van der Waals surface area contributed by atoms with E-state index in [0.717, 1.165) is 171 Å². The average molecular weight is 1570 g/mol. The number of aliphatic hydroxyl groups excluding tert-OH is 2. The second-order valence-electron chi connectivity index (χ2n) is 31.4. The molecule has 7 aliphatic rings. The molecule has 19 rings (SSSR count). The molecule has 1 saturated heterocycles. The van der Waals surface area contributed by atoms with Crippen LogP contribution in [0, 0.1) is 17.8 Å². The number of aromatic nitrogens is 15. The zero-order valence-corrected chi connectivity index (χ0v) is 65.5. The van der Waals surface area contributed by atoms with Gasteiger partial charge in [0.1, 0.15) is 47.6 Å². The molecule has 600 valence electrons. The lowest BCUT2D eigenvalue weighted by Gasteiger charge is -2.28. The van der Waals surface area contributed by atoms with Crippen molar-refractivity contribution in [1.82, 2.24) is 93.7 Å². The molecule has 4 amide bonds. The summed E-state index contributed by atoms with van der Waals surface area (Å²) in [7, 11) is 0. The minimum absolute atomic E-state index is 0.0275. The maximum atomic E-state index is 11.8. The van der Waals surface area contributed by atoms with Crippen molar-refractivity contribution < 1.29 is 48.6 Å². The van der Waals surface area contributed by atoms with Crippen LogP contribution in [0.1, 0.15) is 169 Å². The number of ether oxygens (including phenoxy) is 1. The van der Waals surface area contributed by atoms with Crippen LogP contribution in [0.3, 0.4) is 0 Å². The molecule has 32 heteroatoms. The number of nitrogens with zero attached hydrogens (tertiary/aromatic N) is 18. The number of nitrogens with one attached hydrogen (secondary N) is 4. The molecular formula is C84H94N22O10. The molecule has 0 aromatic carbocycles. The van der Waals surface area contributed by atoms with Crippen LogP contribution in [0.5, 0.6) is 0 Å². The van der Waals surface area contributed by atoms with Gasteiger partial charge in [0.25, 0.3) is 11.8 Å². The van der Waals surface area contributed by atoms with Crippen LogP contribution >= 0.6 is 0 Å². The molecule has 0 bridgehead atoms. The Bertz CT molecular complexity index is 5480. The zero-order chi connectivity index (χ0) is 80.1. The molecule has 0 atom stereocenters. The molecule has 12 aromatic heterocycles. The normalized spacial score (nSPS) is 19.9. The molecule has 4 fully saturated rings. The summed E-state index contributed by atoms with van der Waals surface area (Å²) in [4.78, 5) is 130. The number of carbonyl (C=O) groups excluding carboxylic acids is 6. The average Bonchev–Trinajstić information content (AvgIpc) is 1.61. The van der Waals surface area contributed by atoms with Crippen LogP contribution in [-0.4, -0.2) is 174 Å². The first-order valence-corrected chi connectivity index (χ1v) is 40.2. The molecule has 32 nitrogen and oxygen atoms in total. The Kier molecular flexibility index (Phi) is 23.1. The zero-order valence-electron chi connectivity index (χ0n) is 65.5. The highest BCUT2D eigenvalue weighted by Gasteiger charge is 2.34. The van der Waals surface area contributed by atoms with E-state index in [1.165, 1.54) is 67.9 Å². The van der Waals surface area contributed by atoms with E-state index in [0.29, 0.717) is 78.8 Å². The van der Waals surface area contributed by atoms with Crippen molar-refractivity contribution in [1.29, 1.82) is 0 Å². The van der Waals surface area contributed by atoms with Gasteiger partial charge in [-0.1, -0.05) is 20.8 Å². The molecule has 0 radical (unpaired) electrons. The maximum Gasteiger partial charge on any atom is 0.370 e. The molecular weight excluding hydrogens is 1480 g/mol. The summed E-state index contributed by atoms with van der Waals surface area (Å²) in [6.07, 6.45) is 39.5. The number of hydrogen-bond acceptors (Lipinski definition) is 26. The number of hydroxylamine groups is 2. The van der Waals surface area contributed by atoms with Gasteiger partial charge in [-0.2, -0.15) is 15.0 Å². The molecule has 0 unspecified atom stereocenters. The highest BCUT2D eigenvalue weighted by atomic mass is 16.7. The fourth-order valence-corrected chi connectivity index (χ4v) is 17.2. The number of carbonyl (C=O) groups is 6. The van der Waals surface area contributed by atoms with E-state index < -0.39 is 43.6 Å². The Hall–Kier alpha value is -12.2. The number of anilines is 6. The highest BCUT2D eigenvalue weighted by Crippen LogP contribution is 2.43. The molecule has 4 aliphatic heterocycles. The standard InChI is InChI=1S/2C26H29N7O2.C24H27N7.C8H9NO6/c2*1-16-2-4-19(5-3-16)33-22-13-27-8-6-20(22)21-12-29-26(31-25(21)33)30-23-10-17-7-9-32(24(35)15-34)14-18(17)11-28-23;1-15-2-4-18(5-3-15)31-21-14-26-9-7-19(21)20-13-28-24(30-23(20)31)29-22-10-16-6-8-25-11-17(16)12-27-22;1-5(10)14-4-8(13)15-9-6(11)2-3-7(9)12/h2*6,8,10-13,16,19,34H,2-5,7,9,14-15H2,1H3,(H,28,29,30,31);7,9-10,12-15,18,25H,2-6,8,11H2,1H3,(H,27,28,29,30);2-4H2,1H3. The Morgan fingerprint density at radius 3 is 1.20 bits per heavy atom. The lowest BCUT2D eigenvalue weighted by Crippen LogP contribution is -2.37. The molecule has 3 aliphatic carbocycles. The molecule has 3 saturated carbocycles. The molecule has 6 N–H and O–H groups in total. The predicted molar refractivity (Wildman–Crippen MR) is 433 cm³/mol. The number of hydrogen-bond donors (Lipinski definition) is 6. The molecule has 0 spiro atoms. The van der Waals surface area contributed by atoms with Gasteiger partial charge in [0.15, 0.2) is 6.61 Å². The Morgan fingerprint density at radius 2 is 0.828 bits per heavy atom. The topological polar surface area (TPSA) is 389 Å². The van der Waals surface area contributed by atoms with Crippen molar-refractivity contribution in [3.63, 3.8) is 0 Å². The summed E-state index contributed by atoms with van der Waals surface area (Å²) in [5, 5.41) is 38.6. The minimum atomic E-state index is -0.964. The summed E-state index contributed by atoms with van der Waals surface area (Å²) < 4.78 is 11.5.